The Morgan fingerprint density at radius 1 is 0.938 bits per heavy atom. The average molecular weight is 231 g/mol. The summed E-state index contributed by atoms with van der Waals surface area (Å²) < 4.78 is 0. The van der Waals surface area contributed by atoms with E-state index in [0.29, 0.717) is 0 Å². The van der Waals surface area contributed by atoms with Crippen LogP contribution in [-0.2, 0) is 0 Å². The maximum atomic E-state index is 5.86. The summed E-state index contributed by atoms with van der Waals surface area (Å²) >= 11 is 5.86. The highest BCUT2D eigenvalue weighted by atomic mass is 35.5. The molecule has 0 amide bonds. The van der Waals surface area contributed by atoms with Gasteiger partial charge in [-0.2, -0.15) is 0 Å². The molecular weight excluding hydrogens is 220 g/mol. The van der Waals surface area contributed by atoms with E-state index in [1.165, 1.54) is 11.3 Å². The van der Waals surface area contributed by atoms with Crippen molar-refractivity contribution in [1.82, 2.24) is 5.43 Å². The van der Waals surface area contributed by atoms with Crippen molar-refractivity contribution in [2.24, 2.45) is 0 Å². The summed E-state index contributed by atoms with van der Waals surface area (Å²) in [7, 11) is 0. The Bertz CT molecular complexity index is 481. The molecule has 3 rings (SSSR count). The molecule has 0 aliphatic carbocycles. The molecule has 80 valence electrons. The minimum Gasteiger partial charge on any atom is -0.283 e. The standard InChI is InChI=1S/C13H11ClN2/c14-11-8-6-10(7-9-11)13-15-16(13)12-4-2-1-3-5-12/h1-9,13,15H. The van der Waals surface area contributed by atoms with E-state index in [4.69, 9.17) is 11.6 Å². The Morgan fingerprint density at radius 2 is 1.62 bits per heavy atom. The first-order chi connectivity index (χ1) is 7.84. The van der Waals surface area contributed by atoms with Crippen LogP contribution < -0.4 is 10.4 Å². The monoisotopic (exact) mass is 230 g/mol. The number of nitrogens with zero attached hydrogens (tertiary/aromatic N) is 1. The predicted octanol–water partition coefficient (Wildman–Crippen LogP) is 3.36. The molecule has 1 aliphatic rings. The van der Waals surface area contributed by atoms with Gasteiger partial charge in [0.1, 0.15) is 6.17 Å². The second-order valence-corrected chi connectivity index (χ2v) is 4.23. The molecule has 16 heavy (non-hydrogen) atoms. The van der Waals surface area contributed by atoms with Crippen molar-refractivity contribution in [2.45, 2.75) is 6.17 Å². The predicted molar refractivity (Wildman–Crippen MR) is 66.2 cm³/mol. The minimum absolute atomic E-state index is 0.277. The van der Waals surface area contributed by atoms with Gasteiger partial charge >= 0.3 is 0 Å². The zero-order chi connectivity index (χ0) is 11.0. The van der Waals surface area contributed by atoms with Crippen molar-refractivity contribution in [3.8, 4) is 0 Å². The molecule has 1 saturated heterocycles. The second-order valence-electron chi connectivity index (χ2n) is 3.79. The van der Waals surface area contributed by atoms with Gasteiger partial charge in [0.2, 0.25) is 0 Å². The summed E-state index contributed by atoms with van der Waals surface area (Å²) in [5.74, 6) is 0. The van der Waals surface area contributed by atoms with Gasteiger partial charge in [-0.15, -0.1) is 0 Å². The van der Waals surface area contributed by atoms with Crippen molar-refractivity contribution in [3.05, 3.63) is 65.2 Å². The minimum atomic E-state index is 0.277. The van der Waals surface area contributed by atoms with E-state index in [2.05, 4.69) is 22.6 Å². The number of benzene rings is 2. The molecule has 2 nitrogen and oxygen atoms in total. The summed E-state index contributed by atoms with van der Waals surface area (Å²) in [6, 6.07) is 18.2. The number of rotatable bonds is 2. The third-order valence-electron chi connectivity index (χ3n) is 2.67. The molecule has 1 aliphatic heterocycles. The lowest BCUT2D eigenvalue weighted by Crippen LogP contribution is -1.95. The molecule has 0 aromatic heterocycles. The highest BCUT2D eigenvalue weighted by Gasteiger charge is 2.34. The van der Waals surface area contributed by atoms with E-state index in [0.717, 1.165) is 5.02 Å². The van der Waals surface area contributed by atoms with E-state index in [1.54, 1.807) is 0 Å². The molecule has 0 bridgehead atoms. The number of halogens is 1. The number of nitrogens with one attached hydrogen (secondary N) is 1. The zero-order valence-corrected chi connectivity index (χ0v) is 9.35. The summed E-state index contributed by atoms with van der Waals surface area (Å²) in [4.78, 5) is 0. The van der Waals surface area contributed by atoms with Crippen molar-refractivity contribution in [1.29, 1.82) is 0 Å². The van der Waals surface area contributed by atoms with E-state index in [9.17, 15) is 0 Å². The molecule has 1 N–H and O–H groups in total. The summed E-state index contributed by atoms with van der Waals surface area (Å²) in [5, 5.41) is 2.90. The van der Waals surface area contributed by atoms with Gasteiger partial charge in [0, 0.05) is 5.02 Å². The molecule has 0 radical (unpaired) electrons. The van der Waals surface area contributed by atoms with Crippen LogP contribution in [0.2, 0.25) is 5.02 Å². The van der Waals surface area contributed by atoms with Gasteiger partial charge in [0.25, 0.3) is 0 Å². The lowest BCUT2D eigenvalue weighted by Gasteiger charge is -2.02. The number of anilines is 1. The molecule has 3 heteroatoms. The molecule has 1 unspecified atom stereocenters. The molecule has 1 heterocycles. The van der Waals surface area contributed by atoms with Gasteiger partial charge in [-0.1, -0.05) is 41.9 Å². The van der Waals surface area contributed by atoms with Crippen molar-refractivity contribution >= 4 is 17.3 Å². The van der Waals surface area contributed by atoms with E-state index >= 15 is 0 Å². The summed E-state index contributed by atoms with van der Waals surface area (Å²) in [6.45, 7) is 0. The second kappa shape index (κ2) is 3.81. The SMILES string of the molecule is Clc1ccc(C2NN2c2ccccc2)cc1. The fraction of sp³-hybridized carbons (Fsp3) is 0.0769. The molecule has 0 saturated carbocycles. The highest BCUT2D eigenvalue weighted by molar-refractivity contribution is 6.30. The Hall–Kier alpha value is -1.51. The van der Waals surface area contributed by atoms with Gasteiger partial charge in [0.15, 0.2) is 0 Å². The van der Waals surface area contributed by atoms with Gasteiger partial charge in [-0.05, 0) is 29.8 Å². The average Bonchev–Trinajstić information content (AvgIpc) is 3.11. The fourth-order valence-corrected chi connectivity index (χ4v) is 1.91. The Balaban J connectivity index is 1.79. The van der Waals surface area contributed by atoms with Crippen LogP contribution in [0, 0.1) is 0 Å². The van der Waals surface area contributed by atoms with E-state index in [1.807, 2.05) is 42.5 Å². The Kier molecular flexibility index (Phi) is 2.31. The maximum absolute atomic E-state index is 5.86. The van der Waals surface area contributed by atoms with Crippen molar-refractivity contribution < 1.29 is 0 Å². The van der Waals surface area contributed by atoms with Crippen LogP contribution in [0.15, 0.2) is 54.6 Å². The first-order valence-electron chi connectivity index (χ1n) is 5.20. The topological polar surface area (TPSA) is 25.0 Å². The molecular formula is C13H11ClN2. The van der Waals surface area contributed by atoms with Gasteiger partial charge in [0.05, 0.1) is 5.69 Å². The number of hydrazine groups is 1. The third-order valence-corrected chi connectivity index (χ3v) is 2.92. The first-order valence-corrected chi connectivity index (χ1v) is 5.58. The van der Waals surface area contributed by atoms with E-state index < -0.39 is 0 Å². The highest BCUT2D eigenvalue weighted by Crippen LogP contribution is 2.34. The largest absolute Gasteiger partial charge is 0.283 e. The summed E-state index contributed by atoms with van der Waals surface area (Å²) in [6.07, 6.45) is 0.277. The summed E-state index contributed by atoms with van der Waals surface area (Å²) in [5.41, 5.74) is 5.72. The lowest BCUT2D eigenvalue weighted by molar-refractivity contribution is 1.07. The van der Waals surface area contributed by atoms with Crippen LogP contribution in [0.25, 0.3) is 0 Å². The number of para-hydroxylation sites is 1. The van der Waals surface area contributed by atoms with Crippen LogP contribution in [0.5, 0.6) is 0 Å². The van der Waals surface area contributed by atoms with Gasteiger partial charge < -0.3 is 0 Å². The van der Waals surface area contributed by atoms with Gasteiger partial charge in [-0.25, -0.2) is 5.43 Å². The normalized spacial score (nSPS) is 18.6. The Labute approximate surface area is 99.4 Å². The molecule has 2 aromatic carbocycles. The molecule has 1 atom stereocenters. The Morgan fingerprint density at radius 3 is 2.31 bits per heavy atom. The van der Waals surface area contributed by atoms with Crippen LogP contribution in [-0.4, -0.2) is 0 Å². The van der Waals surface area contributed by atoms with E-state index in [-0.39, 0.29) is 6.17 Å². The quantitative estimate of drug-likeness (QED) is 0.801. The fourth-order valence-electron chi connectivity index (χ4n) is 1.78. The van der Waals surface area contributed by atoms with Crippen LogP contribution in [0.3, 0.4) is 0 Å². The van der Waals surface area contributed by atoms with Gasteiger partial charge in [-0.3, -0.25) is 5.01 Å². The zero-order valence-electron chi connectivity index (χ0n) is 8.60. The first kappa shape index (κ1) is 9.70. The lowest BCUT2D eigenvalue weighted by atomic mass is 10.2. The van der Waals surface area contributed by atoms with Crippen LogP contribution >= 0.6 is 11.6 Å². The van der Waals surface area contributed by atoms with Crippen molar-refractivity contribution in [2.75, 3.05) is 5.01 Å². The smallest absolute Gasteiger partial charge is 0.137 e. The number of hydrogen-bond donors (Lipinski definition) is 1. The maximum Gasteiger partial charge on any atom is 0.137 e. The van der Waals surface area contributed by atoms with Crippen LogP contribution in [0.1, 0.15) is 11.7 Å². The third kappa shape index (κ3) is 1.77. The molecule has 2 aromatic rings. The molecule has 1 fully saturated rings. The van der Waals surface area contributed by atoms with Crippen LogP contribution in [0.4, 0.5) is 5.69 Å². The molecule has 0 spiro atoms. The number of hydrogen-bond acceptors (Lipinski definition) is 2. The van der Waals surface area contributed by atoms with Crippen molar-refractivity contribution in [3.63, 3.8) is 0 Å².